The van der Waals surface area contributed by atoms with Gasteiger partial charge < -0.3 is 4.74 Å². The van der Waals surface area contributed by atoms with Crippen molar-refractivity contribution >= 4 is 21.1 Å². The predicted octanol–water partition coefficient (Wildman–Crippen LogP) is 2.59. The Morgan fingerprint density at radius 2 is 1.71 bits per heavy atom. The highest BCUT2D eigenvalue weighted by Gasteiger charge is 2.22. The normalized spacial score (nSPS) is 11.7. The zero-order chi connectivity index (χ0) is 15.0. The largest absolute Gasteiger partial charge is 0.497 e. The summed E-state index contributed by atoms with van der Waals surface area (Å²) in [6.45, 7) is 1.68. The number of methoxy groups -OCH3 is 1. The summed E-state index contributed by atoms with van der Waals surface area (Å²) in [4.78, 5) is 4.50. The molecule has 0 aliphatic carbocycles. The fourth-order valence-electron chi connectivity index (χ4n) is 2.28. The van der Waals surface area contributed by atoms with E-state index in [1.54, 1.807) is 37.3 Å². The minimum atomic E-state index is -3.68. The quantitative estimate of drug-likeness (QED) is 0.746. The number of aromatic nitrogens is 2. The number of ether oxygens (including phenoxy) is 1. The molecule has 6 heteroatoms. The predicted molar refractivity (Wildman–Crippen MR) is 80.0 cm³/mol. The number of hydrogen-bond acceptors (Lipinski definition) is 4. The molecule has 108 valence electrons. The van der Waals surface area contributed by atoms with E-state index < -0.39 is 10.0 Å². The van der Waals surface area contributed by atoms with Gasteiger partial charge in [0.1, 0.15) is 11.6 Å². The number of hydrogen-bond donors (Lipinski definition) is 0. The lowest BCUT2D eigenvalue weighted by Crippen LogP contribution is -2.14. The Labute approximate surface area is 122 Å². The van der Waals surface area contributed by atoms with Gasteiger partial charge in [0, 0.05) is 0 Å². The number of aryl methyl sites for hydroxylation is 1. The highest BCUT2D eigenvalue weighted by Crippen LogP contribution is 2.24. The Morgan fingerprint density at radius 1 is 1.05 bits per heavy atom. The van der Waals surface area contributed by atoms with E-state index in [0.717, 1.165) is 0 Å². The maximum absolute atomic E-state index is 12.8. The van der Waals surface area contributed by atoms with Gasteiger partial charge in [-0.2, -0.15) is 0 Å². The van der Waals surface area contributed by atoms with Crippen molar-refractivity contribution in [3.8, 4) is 5.75 Å². The topological polar surface area (TPSA) is 61.2 Å². The molecule has 0 N–H and O–H groups in total. The van der Waals surface area contributed by atoms with Crippen LogP contribution in [0.3, 0.4) is 0 Å². The molecule has 0 saturated heterocycles. The minimum absolute atomic E-state index is 0.203. The zero-order valence-corrected chi connectivity index (χ0v) is 12.5. The molecule has 2 aromatic carbocycles. The summed E-state index contributed by atoms with van der Waals surface area (Å²) >= 11 is 0. The molecule has 0 saturated carbocycles. The van der Waals surface area contributed by atoms with Crippen LogP contribution in [0.4, 0.5) is 0 Å². The number of benzene rings is 2. The number of rotatable bonds is 3. The van der Waals surface area contributed by atoms with Crippen molar-refractivity contribution in [1.82, 2.24) is 8.96 Å². The van der Waals surface area contributed by atoms with Gasteiger partial charge in [0.2, 0.25) is 0 Å². The Morgan fingerprint density at radius 3 is 2.38 bits per heavy atom. The smallest absolute Gasteiger partial charge is 0.269 e. The van der Waals surface area contributed by atoms with Crippen LogP contribution in [0.1, 0.15) is 5.82 Å². The monoisotopic (exact) mass is 302 g/mol. The molecule has 0 aliphatic rings. The Kier molecular flexibility index (Phi) is 3.17. The molecule has 0 amide bonds. The molecule has 3 rings (SSSR count). The van der Waals surface area contributed by atoms with Gasteiger partial charge in [-0.05, 0) is 43.3 Å². The van der Waals surface area contributed by atoms with E-state index in [2.05, 4.69) is 4.98 Å². The summed E-state index contributed by atoms with van der Waals surface area (Å²) in [5.41, 5.74) is 1.23. The van der Waals surface area contributed by atoms with Crippen molar-refractivity contribution in [3.05, 3.63) is 54.4 Å². The van der Waals surface area contributed by atoms with Gasteiger partial charge in [-0.15, -0.1) is 0 Å². The van der Waals surface area contributed by atoms with Crippen LogP contribution in [0.5, 0.6) is 5.75 Å². The van der Waals surface area contributed by atoms with Crippen LogP contribution in [0, 0.1) is 6.92 Å². The molecule has 1 aromatic heterocycles. The molecule has 3 aromatic rings. The first kappa shape index (κ1) is 13.6. The van der Waals surface area contributed by atoms with Crippen LogP contribution < -0.4 is 4.74 Å². The molecule has 0 radical (unpaired) electrons. The van der Waals surface area contributed by atoms with Crippen molar-refractivity contribution in [2.24, 2.45) is 0 Å². The first-order chi connectivity index (χ1) is 10.0. The average Bonchev–Trinajstić information content (AvgIpc) is 2.83. The lowest BCUT2D eigenvalue weighted by Gasteiger charge is -2.09. The summed E-state index contributed by atoms with van der Waals surface area (Å²) in [6, 6.07) is 13.5. The molecule has 21 heavy (non-hydrogen) atoms. The first-order valence-electron chi connectivity index (χ1n) is 6.38. The second-order valence-electron chi connectivity index (χ2n) is 4.59. The molecular weight excluding hydrogens is 288 g/mol. The molecular formula is C15H14N2O3S. The van der Waals surface area contributed by atoms with E-state index in [1.807, 2.05) is 6.07 Å². The minimum Gasteiger partial charge on any atom is -0.497 e. The third-order valence-electron chi connectivity index (χ3n) is 3.27. The van der Waals surface area contributed by atoms with Gasteiger partial charge >= 0.3 is 0 Å². The summed E-state index contributed by atoms with van der Waals surface area (Å²) in [5.74, 6) is 1.05. The standard InChI is InChI=1S/C15H14N2O3S/c1-11-16-14-5-3-4-6-15(14)17(11)21(18,19)13-9-7-12(20-2)8-10-13/h3-10H,1-2H3. The van der Waals surface area contributed by atoms with E-state index in [-0.39, 0.29) is 4.90 Å². The summed E-state index contributed by atoms with van der Waals surface area (Å²) in [5, 5.41) is 0. The third kappa shape index (κ3) is 2.17. The van der Waals surface area contributed by atoms with Gasteiger partial charge in [0.05, 0.1) is 23.0 Å². The van der Waals surface area contributed by atoms with Crippen LogP contribution in [-0.4, -0.2) is 24.5 Å². The maximum atomic E-state index is 12.8. The highest BCUT2D eigenvalue weighted by molar-refractivity contribution is 7.90. The molecule has 5 nitrogen and oxygen atoms in total. The van der Waals surface area contributed by atoms with E-state index in [0.29, 0.717) is 22.6 Å². The van der Waals surface area contributed by atoms with Crippen molar-refractivity contribution in [3.63, 3.8) is 0 Å². The number of fused-ring (bicyclic) bond motifs is 1. The van der Waals surface area contributed by atoms with Gasteiger partial charge in [-0.3, -0.25) is 0 Å². The van der Waals surface area contributed by atoms with Gasteiger partial charge in [-0.25, -0.2) is 17.4 Å². The zero-order valence-electron chi connectivity index (χ0n) is 11.6. The third-order valence-corrected chi connectivity index (χ3v) is 5.08. The summed E-state index contributed by atoms with van der Waals surface area (Å²) < 4.78 is 31.9. The van der Waals surface area contributed by atoms with Crippen LogP contribution in [0.2, 0.25) is 0 Å². The summed E-state index contributed by atoms with van der Waals surface area (Å²) in [7, 11) is -2.14. The second kappa shape index (κ2) is 4.89. The van der Waals surface area contributed by atoms with Crippen LogP contribution in [0.15, 0.2) is 53.4 Å². The molecule has 0 bridgehead atoms. The van der Waals surface area contributed by atoms with Crippen molar-refractivity contribution in [1.29, 1.82) is 0 Å². The van der Waals surface area contributed by atoms with Crippen molar-refractivity contribution in [2.45, 2.75) is 11.8 Å². The maximum Gasteiger partial charge on any atom is 0.269 e. The number of nitrogens with zero attached hydrogens (tertiary/aromatic N) is 2. The molecule has 0 unspecified atom stereocenters. The number of imidazole rings is 1. The SMILES string of the molecule is COc1ccc(S(=O)(=O)n2c(C)nc3ccccc32)cc1. The van der Waals surface area contributed by atoms with E-state index in [9.17, 15) is 8.42 Å². The lowest BCUT2D eigenvalue weighted by atomic mass is 10.3. The van der Waals surface area contributed by atoms with Crippen LogP contribution in [0.25, 0.3) is 11.0 Å². The van der Waals surface area contributed by atoms with Crippen LogP contribution in [-0.2, 0) is 10.0 Å². The van der Waals surface area contributed by atoms with Crippen molar-refractivity contribution in [2.75, 3.05) is 7.11 Å². The van der Waals surface area contributed by atoms with Crippen LogP contribution >= 0.6 is 0 Å². The van der Waals surface area contributed by atoms with Gasteiger partial charge in [0.15, 0.2) is 0 Å². The molecule has 0 spiro atoms. The van der Waals surface area contributed by atoms with E-state index in [4.69, 9.17) is 4.74 Å². The van der Waals surface area contributed by atoms with Crippen molar-refractivity contribution < 1.29 is 13.2 Å². The Bertz CT molecular complexity index is 896. The highest BCUT2D eigenvalue weighted by atomic mass is 32.2. The van der Waals surface area contributed by atoms with Gasteiger partial charge in [-0.1, -0.05) is 12.1 Å². The van der Waals surface area contributed by atoms with E-state index in [1.165, 1.54) is 23.2 Å². The first-order valence-corrected chi connectivity index (χ1v) is 7.82. The second-order valence-corrected chi connectivity index (χ2v) is 6.38. The fraction of sp³-hybridized carbons (Fsp3) is 0.133. The van der Waals surface area contributed by atoms with E-state index >= 15 is 0 Å². The Hall–Kier alpha value is -2.34. The molecule has 0 fully saturated rings. The molecule has 0 atom stereocenters. The lowest BCUT2D eigenvalue weighted by molar-refractivity contribution is 0.414. The average molecular weight is 302 g/mol. The molecule has 1 heterocycles. The van der Waals surface area contributed by atoms with Gasteiger partial charge in [0.25, 0.3) is 10.0 Å². The number of para-hydroxylation sites is 2. The molecule has 0 aliphatic heterocycles. The summed E-state index contributed by atoms with van der Waals surface area (Å²) in [6.07, 6.45) is 0. The fourth-order valence-corrected chi connectivity index (χ4v) is 3.77. The Balaban J connectivity index is 2.22.